The van der Waals surface area contributed by atoms with Crippen LogP contribution >= 0.6 is 0 Å². The van der Waals surface area contributed by atoms with Crippen LogP contribution in [0.1, 0.15) is 42.1 Å². The number of carbonyl (C=O) groups is 2. The minimum absolute atomic E-state index is 0.110. The van der Waals surface area contributed by atoms with Crippen molar-refractivity contribution in [3.63, 3.8) is 0 Å². The molecule has 3 rings (SSSR count). The maximum atomic E-state index is 12.7. The molecule has 0 aliphatic carbocycles. The van der Waals surface area contributed by atoms with Crippen molar-refractivity contribution in [3.8, 4) is 0 Å². The number of hydrogen-bond acceptors (Lipinski definition) is 3. The Balaban J connectivity index is 1.66. The Labute approximate surface area is 156 Å². The van der Waals surface area contributed by atoms with Crippen molar-refractivity contribution in [1.29, 1.82) is 0 Å². The van der Waals surface area contributed by atoms with Crippen molar-refractivity contribution in [2.75, 3.05) is 32.8 Å². The van der Waals surface area contributed by atoms with Gasteiger partial charge in [0.05, 0.1) is 24.3 Å². The van der Waals surface area contributed by atoms with Crippen LogP contribution in [0.25, 0.3) is 0 Å². The number of rotatable bonds is 2. The first-order valence-electron chi connectivity index (χ1n) is 9.12. The molecule has 2 aliphatic rings. The second-order valence-corrected chi connectivity index (χ2v) is 7.07. The van der Waals surface area contributed by atoms with Crippen molar-refractivity contribution in [2.45, 2.75) is 38.0 Å². The molecule has 1 aromatic carbocycles. The molecule has 148 valence electrons. The van der Waals surface area contributed by atoms with Crippen LogP contribution in [0.2, 0.25) is 0 Å². The molecule has 0 atom stereocenters. The summed E-state index contributed by atoms with van der Waals surface area (Å²) in [6.45, 7) is 4.19. The van der Waals surface area contributed by atoms with Crippen LogP contribution in [0.4, 0.5) is 13.2 Å². The summed E-state index contributed by atoms with van der Waals surface area (Å²) < 4.78 is 44.0. The zero-order valence-electron chi connectivity index (χ0n) is 15.2. The molecular formula is C19H23F3N2O3. The molecule has 1 aromatic rings. The SMILES string of the molecule is CCC(=O)N1CCC2(CC1)CN(C(=O)c1ccc(C(F)(F)F)cc1)CCO2. The van der Waals surface area contributed by atoms with Gasteiger partial charge in [0.25, 0.3) is 5.91 Å². The highest BCUT2D eigenvalue weighted by Gasteiger charge is 2.41. The van der Waals surface area contributed by atoms with Crippen LogP contribution in [0.3, 0.4) is 0 Å². The lowest BCUT2D eigenvalue weighted by Crippen LogP contribution is -2.58. The Hall–Kier alpha value is -2.09. The molecule has 2 fully saturated rings. The molecule has 0 radical (unpaired) electrons. The topological polar surface area (TPSA) is 49.9 Å². The van der Waals surface area contributed by atoms with E-state index in [9.17, 15) is 22.8 Å². The van der Waals surface area contributed by atoms with E-state index in [0.29, 0.717) is 52.0 Å². The van der Waals surface area contributed by atoms with E-state index in [0.717, 1.165) is 12.1 Å². The molecule has 2 amide bonds. The minimum atomic E-state index is -4.42. The van der Waals surface area contributed by atoms with Gasteiger partial charge in [-0.25, -0.2) is 0 Å². The fraction of sp³-hybridized carbons (Fsp3) is 0.579. The fourth-order valence-electron chi connectivity index (χ4n) is 3.69. The number of amides is 2. The average Bonchev–Trinajstić information content (AvgIpc) is 2.67. The standard InChI is InChI=1S/C19H23F3N2O3/c1-2-16(25)23-9-7-18(8-10-23)13-24(11-12-27-18)17(26)14-3-5-15(6-4-14)19(20,21)22/h3-6H,2,7-13H2,1H3. The average molecular weight is 384 g/mol. The van der Waals surface area contributed by atoms with Crippen molar-refractivity contribution >= 4 is 11.8 Å². The first-order chi connectivity index (χ1) is 12.7. The van der Waals surface area contributed by atoms with Gasteiger partial charge in [-0.15, -0.1) is 0 Å². The normalized spacial score (nSPS) is 20.0. The van der Waals surface area contributed by atoms with Gasteiger partial charge in [0.1, 0.15) is 0 Å². The van der Waals surface area contributed by atoms with Gasteiger partial charge in [0, 0.05) is 31.6 Å². The van der Waals surface area contributed by atoms with E-state index in [2.05, 4.69) is 0 Å². The maximum absolute atomic E-state index is 12.7. The molecule has 2 aliphatic heterocycles. The highest BCUT2D eigenvalue weighted by atomic mass is 19.4. The Morgan fingerprint density at radius 3 is 2.26 bits per heavy atom. The van der Waals surface area contributed by atoms with Crippen molar-refractivity contribution in [2.24, 2.45) is 0 Å². The first kappa shape index (κ1) is 19.7. The summed E-state index contributed by atoms with van der Waals surface area (Å²) in [7, 11) is 0. The monoisotopic (exact) mass is 384 g/mol. The quantitative estimate of drug-likeness (QED) is 0.788. The lowest BCUT2D eigenvalue weighted by Gasteiger charge is -2.47. The highest BCUT2D eigenvalue weighted by molar-refractivity contribution is 5.94. The Morgan fingerprint density at radius 2 is 1.70 bits per heavy atom. The number of piperidine rings is 1. The molecule has 2 saturated heterocycles. The molecule has 27 heavy (non-hydrogen) atoms. The van der Waals surface area contributed by atoms with Crippen LogP contribution < -0.4 is 0 Å². The van der Waals surface area contributed by atoms with Gasteiger partial charge in [-0.1, -0.05) is 6.92 Å². The molecule has 0 bridgehead atoms. The zero-order chi connectivity index (χ0) is 19.7. The second kappa shape index (κ2) is 7.50. The van der Waals surface area contributed by atoms with Gasteiger partial charge >= 0.3 is 6.18 Å². The van der Waals surface area contributed by atoms with Gasteiger partial charge < -0.3 is 14.5 Å². The Bertz CT molecular complexity index is 695. The van der Waals surface area contributed by atoms with E-state index in [4.69, 9.17) is 4.74 Å². The largest absolute Gasteiger partial charge is 0.416 e. The van der Waals surface area contributed by atoms with E-state index in [1.165, 1.54) is 12.1 Å². The van der Waals surface area contributed by atoms with E-state index < -0.39 is 17.3 Å². The molecule has 1 spiro atoms. The fourth-order valence-corrected chi connectivity index (χ4v) is 3.69. The number of benzene rings is 1. The Morgan fingerprint density at radius 1 is 1.07 bits per heavy atom. The van der Waals surface area contributed by atoms with E-state index in [1.807, 2.05) is 11.8 Å². The summed E-state index contributed by atoms with van der Waals surface area (Å²) in [6.07, 6.45) is -2.66. The number of halogens is 3. The van der Waals surface area contributed by atoms with Crippen molar-refractivity contribution in [3.05, 3.63) is 35.4 Å². The van der Waals surface area contributed by atoms with Crippen LogP contribution in [0.5, 0.6) is 0 Å². The van der Waals surface area contributed by atoms with Gasteiger partial charge in [-0.2, -0.15) is 13.2 Å². The molecular weight excluding hydrogens is 361 g/mol. The molecule has 0 aromatic heterocycles. The number of alkyl halides is 3. The molecule has 0 N–H and O–H groups in total. The third kappa shape index (κ3) is 4.26. The van der Waals surface area contributed by atoms with Crippen molar-refractivity contribution in [1.82, 2.24) is 9.80 Å². The first-order valence-corrected chi connectivity index (χ1v) is 9.12. The predicted molar refractivity (Wildman–Crippen MR) is 92.1 cm³/mol. The Kier molecular flexibility index (Phi) is 5.46. The summed E-state index contributed by atoms with van der Waals surface area (Å²) in [5, 5.41) is 0. The summed E-state index contributed by atoms with van der Waals surface area (Å²) >= 11 is 0. The summed E-state index contributed by atoms with van der Waals surface area (Å²) in [6, 6.07) is 4.29. The lowest BCUT2D eigenvalue weighted by molar-refractivity contribution is -0.146. The van der Waals surface area contributed by atoms with E-state index in [-0.39, 0.29) is 17.4 Å². The summed E-state index contributed by atoms with van der Waals surface area (Å²) in [4.78, 5) is 28.0. The third-order valence-electron chi connectivity index (χ3n) is 5.32. The zero-order valence-corrected chi connectivity index (χ0v) is 15.2. The number of morpholine rings is 1. The third-order valence-corrected chi connectivity index (χ3v) is 5.32. The number of hydrogen-bond donors (Lipinski definition) is 0. The number of nitrogens with zero attached hydrogens (tertiary/aromatic N) is 2. The molecule has 5 nitrogen and oxygen atoms in total. The number of ether oxygens (including phenoxy) is 1. The van der Waals surface area contributed by atoms with Gasteiger partial charge in [0.2, 0.25) is 5.91 Å². The molecule has 8 heteroatoms. The van der Waals surface area contributed by atoms with Gasteiger partial charge in [-0.05, 0) is 37.1 Å². The maximum Gasteiger partial charge on any atom is 0.416 e. The van der Waals surface area contributed by atoms with Crippen LogP contribution in [-0.4, -0.2) is 60.0 Å². The summed E-state index contributed by atoms with van der Waals surface area (Å²) in [5.41, 5.74) is -1.02. The number of carbonyl (C=O) groups excluding carboxylic acids is 2. The molecule has 0 unspecified atom stereocenters. The smallest absolute Gasteiger partial charge is 0.371 e. The molecule has 2 heterocycles. The number of likely N-dealkylation sites (tertiary alicyclic amines) is 1. The van der Waals surface area contributed by atoms with Crippen LogP contribution in [0, 0.1) is 0 Å². The van der Waals surface area contributed by atoms with Crippen LogP contribution in [0.15, 0.2) is 24.3 Å². The molecule has 0 saturated carbocycles. The van der Waals surface area contributed by atoms with E-state index >= 15 is 0 Å². The van der Waals surface area contributed by atoms with Crippen LogP contribution in [-0.2, 0) is 15.7 Å². The highest BCUT2D eigenvalue weighted by Crippen LogP contribution is 2.32. The lowest BCUT2D eigenvalue weighted by atomic mass is 9.89. The second-order valence-electron chi connectivity index (χ2n) is 7.07. The van der Waals surface area contributed by atoms with E-state index in [1.54, 1.807) is 4.90 Å². The minimum Gasteiger partial charge on any atom is -0.371 e. The van der Waals surface area contributed by atoms with Gasteiger partial charge in [-0.3, -0.25) is 9.59 Å². The summed E-state index contributed by atoms with van der Waals surface area (Å²) in [5.74, 6) is -0.184. The van der Waals surface area contributed by atoms with Crippen molar-refractivity contribution < 1.29 is 27.5 Å². The predicted octanol–water partition coefficient (Wildman–Crippen LogP) is 2.95. The van der Waals surface area contributed by atoms with Gasteiger partial charge in [0.15, 0.2) is 0 Å².